The van der Waals surface area contributed by atoms with E-state index < -0.39 is 0 Å². The zero-order chi connectivity index (χ0) is 21.1. The summed E-state index contributed by atoms with van der Waals surface area (Å²) in [4.78, 5) is 11.6. The van der Waals surface area contributed by atoms with E-state index in [0.29, 0.717) is 30.8 Å². The molecule has 0 aliphatic carbocycles. The minimum atomic E-state index is -0.247. The maximum absolute atomic E-state index is 11.6. The number of aryl methyl sites for hydroxylation is 1. The molecule has 0 bridgehead atoms. The highest BCUT2D eigenvalue weighted by Crippen LogP contribution is 2.42. The van der Waals surface area contributed by atoms with Crippen LogP contribution in [0.1, 0.15) is 57.2 Å². The molecule has 2 heterocycles. The van der Waals surface area contributed by atoms with Crippen molar-refractivity contribution in [3.05, 3.63) is 35.5 Å². The Labute approximate surface area is 172 Å². The van der Waals surface area contributed by atoms with Gasteiger partial charge < -0.3 is 14.6 Å². The molecule has 29 heavy (non-hydrogen) atoms. The third-order valence-electron chi connectivity index (χ3n) is 6.43. The van der Waals surface area contributed by atoms with Gasteiger partial charge in [-0.2, -0.15) is 0 Å². The van der Waals surface area contributed by atoms with E-state index in [1.807, 2.05) is 12.1 Å². The van der Waals surface area contributed by atoms with E-state index in [1.54, 1.807) is 11.7 Å². The SMILES string of the molecule is CCC1(CCC(=O)OC)CCC(C)(c2ccc(-c3nnn(C)c3CO)cc2)CO1. The van der Waals surface area contributed by atoms with Gasteiger partial charge in [0.1, 0.15) is 5.69 Å². The summed E-state index contributed by atoms with van der Waals surface area (Å²) in [5.74, 6) is -0.184. The predicted molar refractivity (Wildman–Crippen MR) is 109 cm³/mol. The monoisotopic (exact) mass is 401 g/mol. The molecule has 7 heteroatoms. The number of aromatic nitrogens is 3. The van der Waals surface area contributed by atoms with Crippen molar-refractivity contribution in [1.29, 1.82) is 0 Å². The van der Waals surface area contributed by atoms with Crippen LogP contribution in [0.15, 0.2) is 24.3 Å². The number of hydrogen-bond acceptors (Lipinski definition) is 6. The summed E-state index contributed by atoms with van der Waals surface area (Å²) in [7, 11) is 3.20. The minimum Gasteiger partial charge on any atom is -0.469 e. The van der Waals surface area contributed by atoms with E-state index in [1.165, 1.54) is 12.7 Å². The van der Waals surface area contributed by atoms with Crippen molar-refractivity contribution < 1.29 is 19.4 Å². The van der Waals surface area contributed by atoms with E-state index in [-0.39, 0.29) is 23.6 Å². The quantitative estimate of drug-likeness (QED) is 0.717. The lowest BCUT2D eigenvalue weighted by atomic mass is 9.72. The van der Waals surface area contributed by atoms with Crippen LogP contribution in [-0.4, -0.2) is 45.4 Å². The average Bonchev–Trinajstić information content (AvgIpc) is 3.14. The van der Waals surface area contributed by atoms with Crippen molar-refractivity contribution in [3.63, 3.8) is 0 Å². The summed E-state index contributed by atoms with van der Waals surface area (Å²) < 4.78 is 12.7. The molecule has 1 aromatic heterocycles. The molecule has 1 N–H and O–H groups in total. The molecule has 1 aliphatic rings. The van der Waals surface area contributed by atoms with E-state index in [4.69, 9.17) is 9.47 Å². The van der Waals surface area contributed by atoms with Gasteiger partial charge in [0.15, 0.2) is 0 Å². The van der Waals surface area contributed by atoms with Gasteiger partial charge in [0.2, 0.25) is 0 Å². The lowest BCUT2D eigenvalue weighted by Crippen LogP contribution is -2.45. The number of carbonyl (C=O) groups is 1. The fraction of sp³-hybridized carbons (Fsp3) is 0.591. The molecular formula is C22H31N3O4. The van der Waals surface area contributed by atoms with Gasteiger partial charge in [0.25, 0.3) is 0 Å². The Bertz CT molecular complexity index is 836. The Morgan fingerprint density at radius 2 is 2.03 bits per heavy atom. The molecule has 0 amide bonds. The molecule has 2 atom stereocenters. The van der Waals surface area contributed by atoms with E-state index in [2.05, 4.69) is 36.3 Å². The van der Waals surface area contributed by atoms with Crippen LogP contribution in [0.25, 0.3) is 11.3 Å². The number of rotatable bonds is 7. The van der Waals surface area contributed by atoms with Crippen molar-refractivity contribution in [3.8, 4) is 11.3 Å². The fourth-order valence-electron chi connectivity index (χ4n) is 4.08. The first-order chi connectivity index (χ1) is 13.9. The molecular weight excluding hydrogens is 370 g/mol. The van der Waals surface area contributed by atoms with Crippen molar-refractivity contribution in [2.75, 3.05) is 13.7 Å². The number of methoxy groups -OCH3 is 1. The van der Waals surface area contributed by atoms with Gasteiger partial charge in [-0.1, -0.05) is 43.3 Å². The van der Waals surface area contributed by atoms with Crippen molar-refractivity contribution in [1.82, 2.24) is 15.0 Å². The number of ether oxygens (including phenoxy) is 2. The Balaban J connectivity index is 1.72. The molecule has 2 aromatic rings. The molecule has 158 valence electrons. The summed E-state index contributed by atoms with van der Waals surface area (Å²) in [6.07, 6.45) is 3.88. The number of aliphatic hydroxyl groups is 1. The standard InChI is InChI=1S/C22H31N3O4/c1-5-22(11-10-19(27)28-4)13-12-21(2,15-29-22)17-8-6-16(7-9-17)20-18(14-26)25(3)24-23-20/h6-9,26H,5,10-15H2,1-4H3. The van der Waals surface area contributed by atoms with Gasteiger partial charge in [0.05, 0.1) is 31.6 Å². The molecule has 2 unspecified atom stereocenters. The Morgan fingerprint density at radius 1 is 1.31 bits per heavy atom. The maximum Gasteiger partial charge on any atom is 0.305 e. The van der Waals surface area contributed by atoms with E-state index in [0.717, 1.165) is 24.8 Å². The molecule has 3 rings (SSSR count). The number of benzene rings is 1. The number of aliphatic hydroxyl groups excluding tert-OH is 1. The largest absolute Gasteiger partial charge is 0.469 e. The van der Waals surface area contributed by atoms with Gasteiger partial charge in [-0.3, -0.25) is 4.79 Å². The number of hydrogen-bond donors (Lipinski definition) is 1. The number of carbonyl (C=O) groups excluding carboxylic acids is 1. The normalized spacial score (nSPS) is 24.4. The second-order valence-corrected chi connectivity index (χ2v) is 8.21. The van der Waals surface area contributed by atoms with Crippen LogP contribution in [0.4, 0.5) is 0 Å². The molecule has 1 fully saturated rings. The summed E-state index contributed by atoms with van der Waals surface area (Å²) in [6, 6.07) is 8.29. The minimum absolute atomic E-state index is 0.0787. The second-order valence-electron chi connectivity index (χ2n) is 8.21. The first-order valence-electron chi connectivity index (χ1n) is 10.2. The van der Waals surface area contributed by atoms with Crippen LogP contribution in [-0.2, 0) is 33.3 Å². The first-order valence-corrected chi connectivity index (χ1v) is 10.2. The van der Waals surface area contributed by atoms with Crippen LogP contribution in [0.5, 0.6) is 0 Å². The van der Waals surface area contributed by atoms with E-state index in [9.17, 15) is 9.90 Å². The summed E-state index contributed by atoms with van der Waals surface area (Å²) >= 11 is 0. The van der Waals surface area contributed by atoms with Crippen molar-refractivity contribution >= 4 is 5.97 Å². The van der Waals surface area contributed by atoms with Crippen LogP contribution < -0.4 is 0 Å². The molecule has 0 saturated carbocycles. The highest BCUT2D eigenvalue weighted by atomic mass is 16.5. The number of esters is 1. The Hall–Kier alpha value is -2.25. The predicted octanol–water partition coefficient (Wildman–Crippen LogP) is 3.14. The highest BCUT2D eigenvalue weighted by Gasteiger charge is 2.41. The molecule has 1 aliphatic heterocycles. The fourth-order valence-corrected chi connectivity index (χ4v) is 4.08. The Kier molecular flexibility index (Phi) is 6.39. The topological polar surface area (TPSA) is 86.5 Å². The third-order valence-corrected chi connectivity index (χ3v) is 6.43. The van der Waals surface area contributed by atoms with Crippen LogP contribution >= 0.6 is 0 Å². The lowest BCUT2D eigenvalue weighted by molar-refractivity contribution is -0.146. The van der Waals surface area contributed by atoms with Crippen molar-refractivity contribution in [2.45, 2.75) is 63.6 Å². The van der Waals surface area contributed by atoms with Gasteiger partial charge in [0, 0.05) is 24.4 Å². The smallest absolute Gasteiger partial charge is 0.305 e. The van der Waals surface area contributed by atoms with Gasteiger partial charge in [-0.05, 0) is 31.2 Å². The molecule has 0 radical (unpaired) electrons. The van der Waals surface area contributed by atoms with Crippen LogP contribution in [0, 0.1) is 0 Å². The second kappa shape index (κ2) is 8.63. The molecule has 7 nitrogen and oxygen atoms in total. The van der Waals surface area contributed by atoms with Gasteiger partial charge in [-0.25, -0.2) is 4.68 Å². The van der Waals surface area contributed by atoms with E-state index >= 15 is 0 Å². The zero-order valence-corrected chi connectivity index (χ0v) is 17.8. The maximum atomic E-state index is 11.6. The molecule has 1 saturated heterocycles. The van der Waals surface area contributed by atoms with Gasteiger partial charge >= 0.3 is 5.97 Å². The highest BCUT2D eigenvalue weighted by molar-refractivity contribution is 5.69. The molecule has 1 aromatic carbocycles. The Morgan fingerprint density at radius 3 is 2.59 bits per heavy atom. The van der Waals surface area contributed by atoms with Crippen LogP contribution in [0.2, 0.25) is 0 Å². The van der Waals surface area contributed by atoms with Crippen molar-refractivity contribution in [2.24, 2.45) is 7.05 Å². The number of nitrogens with zero attached hydrogens (tertiary/aromatic N) is 3. The van der Waals surface area contributed by atoms with Gasteiger partial charge in [-0.15, -0.1) is 5.10 Å². The first kappa shape index (κ1) is 21.5. The third kappa shape index (κ3) is 4.36. The summed E-state index contributed by atoms with van der Waals surface area (Å²) in [6.45, 7) is 4.86. The summed E-state index contributed by atoms with van der Waals surface area (Å²) in [5, 5.41) is 17.8. The average molecular weight is 402 g/mol. The van der Waals surface area contributed by atoms with Crippen LogP contribution in [0.3, 0.4) is 0 Å². The lowest BCUT2D eigenvalue weighted by Gasteiger charge is -2.45. The zero-order valence-electron chi connectivity index (χ0n) is 17.8. The molecule has 0 spiro atoms. The summed E-state index contributed by atoms with van der Waals surface area (Å²) in [5.41, 5.74) is 3.23.